The number of carbonyl (C=O) groups is 3. The molecule has 0 aliphatic heterocycles. The van der Waals surface area contributed by atoms with E-state index in [4.69, 9.17) is 18.6 Å². The minimum atomic E-state index is -1.18. The Morgan fingerprint density at radius 3 is 2.38 bits per heavy atom. The number of amides is 2. The number of carboxylic acids is 1. The maximum atomic E-state index is 13.3. The highest BCUT2D eigenvalue weighted by Gasteiger charge is 2.28. The second kappa shape index (κ2) is 13.0. The topological polar surface area (TPSA) is 162 Å². The number of aromatic carboxylic acids is 1. The molecule has 40 heavy (non-hydrogen) atoms. The van der Waals surface area contributed by atoms with Crippen LogP contribution in [0.4, 0.5) is 4.79 Å². The van der Waals surface area contributed by atoms with Crippen LogP contribution in [-0.4, -0.2) is 51.9 Å². The number of alkyl carbamates (subject to hydrolysis) is 1. The normalized spacial score (nSPS) is 11.8. The van der Waals surface area contributed by atoms with E-state index in [1.165, 1.54) is 12.1 Å². The summed E-state index contributed by atoms with van der Waals surface area (Å²) in [6.07, 6.45) is -0.696. The summed E-state index contributed by atoms with van der Waals surface area (Å²) in [6, 6.07) is 8.82. The number of nitrogens with one attached hydrogen (secondary N) is 2. The predicted octanol–water partition coefficient (Wildman–Crippen LogP) is 4.75. The van der Waals surface area contributed by atoms with Crippen molar-refractivity contribution in [3.63, 3.8) is 0 Å². The van der Waals surface area contributed by atoms with Gasteiger partial charge in [-0.3, -0.25) is 4.79 Å². The van der Waals surface area contributed by atoms with E-state index in [0.29, 0.717) is 36.0 Å². The lowest BCUT2D eigenvalue weighted by atomic mass is 10.2. The van der Waals surface area contributed by atoms with Crippen molar-refractivity contribution in [1.29, 1.82) is 0 Å². The summed E-state index contributed by atoms with van der Waals surface area (Å²) < 4.78 is 22.7. The van der Waals surface area contributed by atoms with Gasteiger partial charge < -0.3 is 34.4 Å². The molecule has 0 fully saturated rings. The first-order valence-electron chi connectivity index (χ1n) is 12.8. The zero-order valence-electron chi connectivity index (χ0n) is 23.4. The number of hydrogen-bond acceptors (Lipinski definition) is 9. The largest absolute Gasteiger partial charge is 0.490 e. The highest BCUT2D eigenvalue weighted by molar-refractivity contribution is 5.94. The number of aromatic nitrogens is 2. The van der Waals surface area contributed by atoms with E-state index in [9.17, 15) is 19.5 Å². The Bertz CT molecular complexity index is 1360. The fourth-order valence-corrected chi connectivity index (χ4v) is 3.60. The van der Waals surface area contributed by atoms with E-state index in [2.05, 4.69) is 20.6 Å². The Labute approximate surface area is 232 Å². The van der Waals surface area contributed by atoms with Gasteiger partial charge in [0.1, 0.15) is 11.3 Å². The van der Waals surface area contributed by atoms with E-state index in [-0.39, 0.29) is 29.6 Å². The molecular formula is C28H34N4O8. The molecule has 12 nitrogen and oxygen atoms in total. The van der Waals surface area contributed by atoms with Crippen LogP contribution < -0.4 is 20.1 Å². The van der Waals surface area contributed by atoms with E-state index >= 15 is 0 Å². The van der Waals surface area contributed by atoms with E-state index in [0.717, 1.165) is 0 Å². The minimum Gasteiger partial charge on any atom is -0.490 e. The number of carboxylic acid groups (broad SMARTS) is 1. The van der Waals surface area contributed by atoms with Crippen LogP contribution in [0.15, 0.2) is 40.8 Å². The summed E-state index contributed by atoms with van der Waals surface area (Å²) in [5.74, 6) is -0.544. The van der Waals surface area contributed by atoms with Crippen molar-refractivity contribution >= 4 is 18.0 Å². The summed E-state index contributed by atoms with van der Waals surface area (Å²) in [7, 11) is 0. The molecule has 12 heteroatoms. The van der Waals surface area contributed by atoms with Crippen LogP contribution in [0.2, 0.25) is 0 Å². The second-order valence-electron chi connectivity index (χ2n) is 9.63. The lowest BCUT2D eigenvalue weighted by Gasteiger charge is -2.21. The van der Waals surface area contributed by atoms with Crippen molar-refractivity contribution in [3.05, 3.63) is 59.2 Å². The van der Waals surface area contributed by atoms with Crippen molar-refractivity contribution in [1.82, 2.24) is 20.6 Å². The Morgan fingerprint density at radius 2 is 1.73 bits per heavy atom. The molecule has 1 atom stereocenters. The molecule has 3 N–H and O–H groups in total. The van der Waals surface area contributed by atoms with Gasteiger partial charge in [0.25, 0.3) is 5.91 Å². The third-order valence-corrected chi connectivity index (χ3v) is 5.24. The molecule has 2 amide bonds. The van der Waals surface area contributed by atoms with Gasteiger partial charge >= 0.3 is 12.1 Å². The van der Waals surface area contributed by atoms with Gasteiger partial charge in [0.2, 0.25) is 5.89 Å². The van der Waals surface area contributed by atoms with Crippen molar-refractivity contribution in [2.45, 2.75) is 59.7 Å². The van der Waals surface area contributed by atoms with Gasteiger partial charge in [0, 0.05) is 5.56 Å². The molecule has 3 rings (SSSR count). The third-order valence-electron chi connectivity index (χ3n) is 5.24. The summed E-state index contributed by atoms with van der Waals surface area (Å²) in [4.78, 5) is 45.4. The molecule has 0 bridgehead atoms. The molecule has 0 aliphatic carbocycles. The first kappa shape index (κ1) is 29.9. The predicted molar refractivity (Wildman–Crippen MR) is 144 cm³/mol. The smallest absolute Gasteiger partial charge is 0.408 e. The first-order chi connectivity index (χ1) is 18.9. The zero-order chi connectivity index (χ0) is 29.4. The fourth-order valence-electron chi connectivity index (χ4n) is 3.60. The number of carbonyl (C=O) groups excluding carboxylic acids is 2. The molecule has 0 saturated carbocycles. The van der Waals surface area contributed by atoms with E-state index in [1.54, 1.807) is 52.0 Å². The Hall–Kier alpha value is -4.61. The molecular weight excluding hydrogens is 520 g/mol. The van der Waals surface area contributed by atoms with E-state index < -0.39 is 29.6 Å². The van der Waals surface area contributed by atoms with Gasteiger partial charge in [-0.05, 0) is 71.9 Å². The average molecular weight is 555 g/mol. The molecule has 214 valence electrons. The van der Waals surface area contributed by atoms with Crippen molar-refractivity contribution in [3.8, 4) is 23.0 Å². The highest BCUT2D eigenvalue weighted by atomic mass is 16.6. The van der Waals surface area contributed by atoms with Crippen molar-refractivity contribution in [2.24, 2.45) is 0 Å². The van der Waals surface area contributed by atoms with Gasteiger partial charge in [-0.1, -0.05) is 6.07 Å². The maximum absolute atomic E-state index is 13.3. The molecule has 1 aromatic carbocycles. The summed E-state index contributed by atoms with van der Waals surface area (Å²) >= 11 is 0. The standard InChI is InChI=1S/C28H34N4O8/c1-7-37-20-13-12-17(14-21(20)38-8-2)25-32-22(23(39-25)16(3)30-27(36)40-28(4,5)6)24(33)29-15-18-10-9-11-19(31-18)26(34)35/h9-14,16H,7-8,15H2,1-6H3,(H,29,33)(H,30,36)(H,34,35)/t16-/m0/s1. The van der Waals surface area contributed by atoms with Gasteiger partial charge in [0.15, 0.2) is 23.0 Å². The quantitative estimate of drug-likeness (QED) is 0.301. The van der Waals surface area contributed by atoms with Crippen LogP contribution in [0, 0.1) is 0 Å². The molecule has 0 unspecified atom stereocenters. The summed E-state index contributed by atoms with van der Waals surface area (Å²) in [6.45, 7) is 11.3. The van der Waals surface area contributed by atoms with Gasteiger partial charge in [-0.25, -0.2) is 19.6 Å². The third kappa shape index (κ3) is 7.95. The van der Waals surface area contributed by atoms with Crippen LogP contribution >= 0.6 is 0 Å². The van der Waals surface area contributed by atoms with Gasteiger partial charge in [0.05, 0.1) is 31.5 Å². The number of hydrogen-bond donors (Lipinski definition) is 3. The number of pyridine rings is 1. The average Bonchev–Trinajstić information content (AvgIpc) is 3.33. The lowest BCUT2D eigenvalue weighted by molar-refractivity contribution is 0.0500. The molecule has 2 heterocycles. The van der Waals surface area contributed by atoms with Gasteiger partial charge in [-0.2, -0.15) is 0 Å². The molecule has 3 aromatic rings. The first-order valence-corrected chi connectivity index (χ1v) is 12.8. The van der Waals surface area contributed by atoms with Crippen LogP contribution in [0.1, 0.15) is 80.0 Å². The van der Waals surface area contributed by atoms with Crippen molar-refractivity contribution in [2.75, 3.05) is 13.2 Å². The zero-order valence-corrected chi connectivity index (χ0v) is 23.4. The summed E-state index contributed by atoms with van der Waals surface area (Å²) in [5, 5.41) is 14.5. The number of rotatable bonds is 11. The Morgan fingerprint density at radius 1 is 1.02 bits per heavy atom. The van der Waals surface area contributed by atoms with Crippen molar-refractivity contribution < 1.29 is 38.1 Å². The minimum absolute atomic E-state index is 0.0625. The highest BCUT2D eigenvalue weighted by Crippen LogP contribution is 2.34. The monoisotopic (exact) mass is 554 g/mol. The number of ether oxygens (including phenoxy) is 3. The number of oxazole rings is 1. The molecule has 0 aliphatic rings. The molecule has 2 aromatic heterocycles. The van der Waals surface area contributed by atoms with Crippen LogP contribution in [0.5, 0.6) is 11.5 Å². The van der Waals surface area contributed by atoms with Crippen LogP contribution in [0.3, 0.4) is 0 Å². The van der Waals surface area contributed by atoms with E-state index in [1.807, 2.05) is 13.8 Å². The Balaban J connectivity index is 1.94. The molecule has 0 saturated heterocycles. The number of benzene rings is 1. The fraction of sp³-hybridized carbons (Fsp3) is 0.393. The molecule has 0 spiro atoms. The van der Waals surface area contributed by atoms with Gasteiger partial charge in [-0.15, -0.1) is 0 Å². The number of nitrogens with zero attached hydrogens (tertiary/aromatic N) is 2. The van der Waals surface area contributed by atoms with Crippen LogP contribution in [0.25, 0.3) is 11.5 Å². The molecule has 0 radical (unpaired) electrons. The maximum Gasteiger partial charge on any atom is 0.408 e. The SMILES string of the molecule is CCOc1ccc(-c2nc(C(=O)NCc3cccc(C(=O)O)n3)c([C@H](C)NC(=O)OC(C)(C)C)o2)cc1OCC. The second-order valence-corrected chi connectivity index (χ2v) is 9.63. The van der Waals surface area contributed by atoms with Crippen LogP contribution in [-0.2, 0) is 11.3 Å². The Kier molecular flexibility index (Phi) is 9.70. The summed E-state index contributed by atoms with van der Waals surface area (Å²) in [5.41, 5.74) is -0.0861. The lowest BCUT2D eigenvalue weighted by Crippen LogP contribution is -2.34.